The zero-order valence-corrected chi connectivity index (χ0v) is 15.5. The Labute approximate surface area is 171 Å². The van der Waals surface area contributed by atoms with Crippen LogP contribution in [-0.4, -0.2) is 11.8 Å². The lowest BCUT2D eigenvalue weighted by molar-refractivity contribution is -0.113. The van der Waals surface area contributed by atoms with Crippen LogP contribution in [0.3, 0.4) is 0 Å². The molecular formula is C22H14N4O4. The number of anilines is 2. The van der Waals surface area contributed by atoms with Gasteiger partial charge in [0.15, 0.2) is 0 Å². The minimum Gasteiger partial charge on any atom is -0.465 e. The highest BCUT2D eigenvalue weighted by Gasteiger charge is 2.12. The van der Waals surface area contributed by atoms with Crippen LogP contribution >= 0.6 is 0 Å². The van der Waals surface area contributed by atoms with Crippen molar-refractivity contribution in [3.8, 4) is 12.1 Å². The molecular weight excluding hydrogens is 384 g/mol. The number of nitriles is 2. The van der Waals surface area contributed by atoms with Gasteiger partial charge in [-0.3, -0.25) is 9.59 Å². The van der Waals surface area contributed by atoms with Crippen molar-refractivity contribution in [1.82, 2.24) is 0 Å². The monoisotopic (exact) mass is 398 g/mol. The molecule has 30 heavy (non-hydrogen) atoms. The molecule has 8 nitrogen and oxygen atoms in total. The van der Waals surface area contributed by atoms with E-state index < -0.39 is 11.8 Å². The van der Waals surface area contributed by atoms with E-state index in [0.29, 0.717) is 22.9 Å². The summed E-state index contributed by atoms with van der Waals surface area (Å²) in [5.74, 6) is -0.427. The fraction of sp³-hybridized carbons (Fsp3) is 0. The summed E-state index contributed by atoms with van der Waals surface area (Å²) in [4.78, 5) is 24.5. The fourth-order valence-corrected chi connectivity index (χ4v) is 2.36. The van der Waals surface area contributed by atoms with Gasteiger partial charge in [0.2, 0.25) is 0 Å². The number of carbonyl (C=O) groups is 2. The van der Waals surface area contributed by atoms with Crippen molar-refractivity contribution in [2.24, 2.45) is 0 Å². The molecule has 0 spiro atoms. The van der Waals surface area contributed by atoms with Gasteiger partial charge in [0, 0.05) is 23.5 Å². The summed E-state index contributed by atoms with van der Waals surface area (Å²) in [5, 5.41) is 23.5. The van der Waals surface area contributed by atoms with Crippen molar-refractivity contribution in [3.05, 3.63) is 83.7 Å². The van der Waals surface area contributed by atoms with Gasteiger partial charge in [-0.1, -0.05) is 0 Å². The van der Waals surface area contributed by atoms with E-state index in [2.05, 4.69) is 10.6 Å². The summed E-state index contributed by atoms with van der Waals surface area (Å²) >= 11 is 0. The molecule has 0 unspecified atom stereocenters. The van der Waals surface area contributed by atoms with Gasteiger partial charge in [-0.2, -0.15) is 10.5 Å². The average molecular weight is 398 g/mol. The van der Waals surface area contributed by atoms with Gasteiger partial charge in [-0.15, -0.1) is 0 Å². The third-order valence-corrected chi connectivity index (χ3v) is 3.79. The Balaban J connectivity index is 1.65. The highest BCUT2D eigenvalue weighted by Crippen LogP contribution is 2.17. The Morgan fingerprint density at radius 1 is 0.733 bits per heavy atom. The number of nitrogens with zero attached hydrogens (tertiary/aromatic N) is 2. The van der Waals surface area contributed by atoms with Gasteiger partial charge in [0.25, 0.3) is 11.8 Å². The minimum absolute atomic E-state index is 0.121. The quantitative estimate of drug-likeness (QED) is 0.477. The zero-order valence-electron chi connectivity index (χ0n) is 15.5. The lowest BCUT2D eigenvalue weighted by Crippen LogP contribution is -2.14. The highest BCUT2D eigenvalue weighted by atomic mass is 16.3. The number of hydrogen-bond donors (Lipinski definition) is 2. The van der Waals surface area contributed by atoms with E-state index in [0.717, 1.165) is 0 Å². The average Bonchev–Trinajstić information content (AvgIpc) is 3.45. The Bertz CT molecular complexity index is 1080. The number of amides is 2. The second-order valence-electron chi connectivity index (χ2n) is 5.86. The van der Waals surface area contributed by atoms with Crippen molar-refractivity contribution in [1.29, 1.82) is 10.5 Å². The first kappa shape index (κ1) is 19.9. The Morgan fingerprint density at radius 3 is 1.43 bits per heavy atom. The van der Waals surface area contributed by atoms with Crippen LogP contribution < -0.4 is 10.6 Å². The van der Waals surface area contributed by atoms with Crippen LogP contribution in [0.4, 0.5) is 11.4 Å². The molecule has 0 aliphatic carbocycles. The topological polar surface area (TPSA) is 132 Å². The van der Waals surface area contributed by atoms with Gasteiger partial charge in [0.1, 0.15) is 34.8 Å². The van der Waals surface area contributed by atoms with Crippen LogP contribution in [0, 0.1) is 22.7 Å². The molecule has 0 bridgehead atoms. The third kappa shape index (κ3) is 5.12. The minimum atomic E-state index is -0.598. The fourth-order valence-electron chi connectivity index (χ4n) is 2.36. The molecule has 2 amide bonds. The summed E-state index contributed by atoms with van der Waals surface area (Å²) < 4.78 is 10.2. The third-order valence-electron chi connectivity index (χ3n) is 3.79. The Hall–Kier alpha value is -4.82. The highest BCUT2D eigenvalue weighted by molar-refractivity contribution is 6.10. The number of hydrogen-bond acceptors (Lipinski definition) is 6. The molecule has 2 heterocycles. The van der Waals surface area contributed by atoms with E-state index in [9.17, 15) is 20.1 Å². The number of furan rings is 2. The second-order valence-corrected chi connectivity index (χ2v) is 5.86. The summed E-state index contributed by atoms with van der Waals surface area (Å²) in [5.41, 5.74) is 0.601. The first-order valence-corrected chi connectivity index (χ1v) is 8.62. The zero-order chi connectivity index (χ0) is 21.3. The molecule has 3 aromatic rings. The van der Waals surface area contributed by atoms with Gasteiger partial charge < -0.3 is 19.5 Å². The Kier molecular flexibility index (Phi) is 6.24. The molecule has 0 fully saturated rings. The second kappa shape index (κ2) is 9.40. The summed E-state index contributed by atoms with van der Waals surface area (Å²) in [6.07, 6.45) is 5.54. The normalized spacial score (nSPS) is 11.3. The van der Waals surface area contributed by atoms with Crippen LogP contribution in [-0.2, 0) is 9.59 Å². The van der Waals surface area contributed by atoms with Crippen molar-refractivity contribution in [3.63, 3.8) is 0 Å². The van der Waals surface area contributed by atoms with Gasteiger partial charge in [0.05, 0.1) is 12.5 Å². The van der Waals surface area contributed by atoms with Crippen molar-refractivity contribution >= 4 is 35.3 Å². The molecule has 0 aliphatic heterocycles. The van der Waals surface area contributed by atoms with Crippen LogP contribution in [0.5, 0.6) is 0 Å². The van der Waals surface area contributed by atoms with E-state index in [1.807, 2.05) is 12.1 Å². The van der Waals surface area contributed by atoms with Crippen molar-refractivity contribution in [2.45, 2.75) is 0 Å². The molecule has 146 valence electrons. The van der Waals surface area contributed by atoms with E-state index in [4.69, 9.17) is 8.83 Å². The summed E-state index contributed by atoms with van der Waals surface area (Å²) in [6.45, 7) is 0. The summed E-state index contributed by atoms with van der Waals surface area (Å²) in [7, 11) is 0. The molecule has 0 saturated heterocycles. The largest absolute Gasteiger partial charge is 0.465 e. The predicted octanol–water partition coefficient (Wildman–Crippen LogP) is 3.96. The predicted molar refractivity (Wildman–Crippen MR) is 108 cm³/mol. The van der Waals surface area contributed by atoms with Crippen molar-refractivity contribution < 1.29 is 18.4 Å². The maximum absolute atomic E-state index is 12.2. The maximum atomic E-state index is 12.2. The molecule has 0 radical (unpaired) electrons. The van der Waals surface area contributed by atoms with Crippen LogP contribution in [0.25, 0.3) is 12.2 Å². The maximum Gasteiger partial charge on any atom is 0.266 e. The van der Waals surface area contributed by atoms with Crippen molar-refractivity contribution in [2.75, 3.05) is 10.6 Å². The molecule has 3 rings (SSSR count). The standard InChI is InChI=1S/C22H14N4O4/c23-13-15(11-19-3-1-9-29-19)21(27)25-17-5-7-18(8-6-17)26-22(28)16(14-24)12-20-4-2-10-30-20/h1-12H,(H,25,27)(H,26,28). The molecule has 0 aliphatic rings. The number of carbonyl (C=O) groups excluding carboxylic acids is 2. The molecule has 2 N–H and O–H groups in total. The number of nitrogens with one attached hydrogen (secondary N) is 2. The number of benzene rings is 1. The summed E-state index contributed by atoms with van der Waals surface area (Å²) in [6, 6.07) is 16.4. The number of rotatable bonds is 6. The first-order chi connectivity index (χ1) is 14.6. The Morgan fingerprint density at radius 2 is 1.13 bits per heavy atom. The molecule has 8 heteroatoms. The van der Waals surface area contributed by atoms with Crippen LogP contribution in [0.2, 0.25) is 0 Å². The van der Waals surface area contributed by atoms with Gasteiger partial charge in [-0.25, -0.2) is 0 Å². The van der Waals surface area contributed by atoms with E-state index in [1.165, 1.54) is 24.7 Å². The smallest absolute Gasteiger partial charge is 0.266 e. The van der Waals surface area contributed by atoms with Gasteiger partial charge >= 0.3 is 0 Å². The molecule has 0 atom stereocenters. The van der Waals surface area contributed by atoms with E-state index >= 15 is 0 Å². The van der Waals surface area contributed by atoms with E-state index in [-0.39, 0.29) is 11.1 Å². The molecule has 2 aromatic heterocycles. The first-order valence-electron chi connectivity index (χ1n) is 8.62. The van der Waals surface area contributed by atoms with Gasteiger partial charge in [-0.05, 0) is 48.5 Å². The molecule has 0 saturated carbocycles. The molecule has 1 aromatic carbocycles. The lowest BCUT2D eigenvalue weighted by Gasteiger charge is -2.07. The SMILES string of the molecule is N#CC(=Cc1ccco1)C(=O)Nc1ccc(NC(=O)C(C#N)=Cc2ccco2)cc1. The van der Waals surface area contributed by atoms with Crippen LogP contribution in [0.15, 0.2) is 81.0 Å². The van der Waals surface area contributed by atoms with Crippen LogP contribution in [0.1, 0.15) is 11.5 Å². The lowest BCUT2D eigenvalue weighted by atomic mass is 10.2. The van der Waals surface area contributed by atoms with E-state index in [1.54, 1.807) is 48.5 Å².